The van der Waals surface area contributed by atoms with Gasteiger partial charge in [-0.2, -0.15) is 0 Å². The number of benzene rings is 1. The van der Waals surface area contributed by atoms with Gasteiger partial charge in [0.25, 0.3) is 0 Å². The zero-order valence-electron chi connectivity index (χ0n) is 14.8. The summed E-state index contributed by atoms with van der Waals surface area (Å²) in [5.41, 5.74) is 0.763. The molecular weight excluding hydrogens is 275 g/mol. The van der Waals surface area contributed by atoms with E-state index in [4.69, 9.17) is 9.31 Å². The van der Waals surface area contributed by atoms with E-state index in [1.165, 1.54) is 0 Å². The van der Waals surface area contributed by atoms with Gasteiger partial charge in [-0.15, -0.1) is 0 Å². The smallest absolute Gasteiger partial charge is 0.399 e. The second kappa shape index (κ2) is 5.50. The molecule has 3 nitrogen and oxygen atoms in total. The van der Waals surface area contributed by atoms with Gasteiger partial charge in [0.2, 0.25) is 0 Å². The van der Waals surface area contributed by atoms with E-state index in [9.17, 15) is 4.79 Å². The molecule has 0 aromatic heterocycles. The Hall–Kier alpha value is -1.13. The van der Waals surface area contributed by atoms with Crippen molar-refractivity contribution in [2.24, 2.45) is 0 Å². The van der Waals surface area contributed by atoms with E-state index in [0.29, 0.717) is 6.42 Å². The number of hydrogen-bond acceptors (Lipinski definition) is 3. The highest BCUT2D eigenvalue weighted by Crippen LogP contribution is 2.36. The van der Waals surface area contributed by atoms with Gasteiger partial charge < -0.3 is 9.31 Å². The van der Waals surface area contributed by atoms with Gasteiger partial charge in [0.1, 0.15) is 5.78 Å². The van der Waals surface area contributed by atoms with E-state index < -0.39 is 12.5 Å². The Morgan fingerprint density at radius 3 is 2.18 bits per heavy atom. The molecule has 120 valence electrons. The maximum Gasteiger partial charge on any atom is 0.494 e. The fourth-order valence-electron chi connectivity index (χ4n) is 2.66. The van der Waals surface area contributed by atoms with Crippen molar-refractivity contribution in [2.45, 2.75) is 71.5 Å². The summed E-state index contributed by atoms with van der Waals surface area (Å²) in [6.07, 6.45) is 0.535. The molecule has 0 unspecified atom stereocenters. The number of carbonyl (C=O) groups excluding carboxylic acids is 1. The molecule has 1 aromatic carbocycles. The highest BCUT2D eigenvalue weighted by Gasteiger charge is 2.51. The first-order chi connectivity index (χ1) is 10.0. The molecule has 0 atom stereocenters. The van der Waals surface area contributed by atoms with Gasteiger partial charge in [0.15, 0.2) is 0 Å². The molecule has 0 bridgehead atoms. The molecule has 1 aliphatic rings. The molecule has 2 rings (SSSR count). The minimum absolute atomic E-state index is 0.235. The van der Waals surface area contributed by atoms with E-state index >= 15 is 0 Å². The topological polar surface area (TPSA) is 35.5 Å². The fourth-order valence-corrected chi connectivity index (χ4v) is 2.66. The highest BCUT2D eigenvalue weighted by atomic mass is 16.7. The van der Waals surface area contributed by atoms with Crippen LogP contribution < -0.4 is 5.46 Å². The molecule has 1 fully saturated rings. The van der Waals surface area contributed by atoms with Crippen LogP contribution in [0.4, 0.5) is 0 Å². The molecule has 0 radical (unpaired) electrons. The van der Waals surface area contributed by atoms with E-state index in [1.807, 2.05) is 72.7 Å². The van der Waals surface area contributed by atoms with Gasteiger partial charge in [-0.1, -0.05) is 31.2 Å². The number of carbonyl (C=O) groups is 1. The molecule has 0 saturated carbocycles. The summed E-state index contributed by atoms with van der Waals surface area (Å²) in [6.45, 7) is 14.0. The molecular formula is C18H27BO3. The third kappa shape index (κ3) is 2.87. The monoisotopic (exact) mass is 302 g/mol. The second-order valence-corrected chi connectivity index (χ2v) is 7.62. The summed E-state index contributed by atoms with van der Waals surface area (Å²) in [4.78, 5) is 12.2. The molecule has 4 heteroatoms. The van der Waals surface area contributed by atoms with E-state index in [1.54, 1.807) is 0 Å². The predicted octanol–water partition coefficient (Wildman–Crippen LogP) is 3.24. The van der Waals surface area contributed by atoms with Crippen LogP contribution in [-0.4, -0.2) is 24.1 Å². The van der Waals surface area contributed by atoms with E-state index in [-0.39, 0.29) is 17.0 Å². The Morgan fingerprint density at radius 1 is 1.14 bits per heavy atom. The van der Waals surface area contributed by atoms with E-state index in [0.717, 1.165) is 11.0 Å². The maximum atomic E-state index is 12.2. The second-order valence-electron chi connectivity index (χ2n) is 7.62. The normalized spacial score (nSPS) is 20.2. The average molecular weight is 302 g/mol. The van der Waals surface area contributed by atoms with Crippen molar-refractivity contribution in [1.29, 1.82) is 0 Å². The Kier molecular flexibility index (Phi) is 4.31. The highest BCUT2D eigenvalue weighted by molar-refractivity contribution is 6.62. The van der Waals surface area contributed by atoms with Gasteiger partial charge in [-0.3, -0.25) is 4.79 Å². The third-order valence-corrected chi connectivity index (χ3v) is 5.15. The third-order valence-electron chi connectivity index (χ3n) is 5.15. The summed E-state index contributed by atoms with van der Waals surface area (Å²) in [5, 5.41) is 0. The molecule has 22 heavy (non-hydrogen) atoms. The number of rotatable bonds is 4. The quantitative estimate of drug-likeness (QED) is 0.801. The first kappa shape index (κ1) is 17.2. The van der Waals surface area contributed by atoms with Crippen molar-refractivity contribution in [3.8, 4) is 0 Å². The first-order valence-electron chi connectivity index (χ1n) is 8.00. The molecule has 1 heterocycles. The molecule has 0 aliphatic carbocycles. The van der Waals surface area contributed by atoms with Gasteiger partial charge >= 0.3 is 7.12 Å². The largest absolute Gasteiger partial charge is 0.494 e. The maximum absolute atomic E-state index is 12.2. The van der Waals surface area contributed by atoms with Crippen LogP contribution in [0.3, 0.4) is 0 Å². The lowest BCUT2D eigenvalue weighted by atomic mass is 9.73. The molecule has 1 saturated heterocycles. The molecule has 1 aromatic rings. The van der Waals surface area contributed by atoms with Crippen LogP contribution in [0.15, 0.2) is 24.3 Å². The van der Waals surface area contributed by atoms with Crippen LogP contribution in [0.1, 0.15) is 60.5 Å². The van der Waals surface area contributed by atoms with Crippen molar-refractivity contribution < 1.29 is 14.1 Å². The van der Waals surface area contributed by atoms with Crippen LogP contribution >= 0.6 is 0 Å². The van der Waals surface area contributed by atoms with Crippen molar-refractivity contribution in [1.82, 2.24) is 0 Å². The SMILES string of the molecule is CCC(=O)C(C)(C)c1cccc(B2OC(C)(C)C(C)(C)O2)c1. The standard InChI is InChI=1S/C18H27BO3/c1-8-15(20)16(2,3)13-10-9-11-14(12-13)19-21-17(4,5)18(6,7)22-19/h9-12H,8H2,1-7H3. The van der Waals surface area contributed by atoms with Crippen LogP contribution in [0.2, 0.25) is 0 Å². The molecule has 0 amide bonds. The zero-order valence-corrected chi connectivity index (χ0v) is 14.8. The van der Waals surface area contributed by atoms with Crippen molar-refractivity contribution in [3.05, 3.63) is 29.8 Å². The molecule has 1 aliphatic heterocycles. The molecule has 0 spiro atoms. The minimum atomic E-state index is -0.492. The van der Waals surface area contributed by atoms with Gasteiger partial charge in [0.05, 0.1) is 11.2 Å². The van der Waals surface area contributed by atoms with Crippen molar-refractivity contribution >= 4 is 18.4 Å². The lowest BCUT2D eigenvalue weighted by Gasteiger charge is -2.32. The summed E-state index contributed by atoms with van der Waals surface area (Å²) >= 11 is 0. The zero-order chi connectivity index (χ0) is 16.8. The Morgan fingerprint density at radius 2 is 1.68 bits per heavy atom. The predicted molar refractivity (Wildman–Crippen MR) is 90.5 cm³/mol. The fraction of sp³-hybridized carbons (Fsp3) is 0.611. The van der Waals surface area contributed by atoms with Crippen LogP contribution in [-0.2, 0) is 19.5 Å². The number of ketones is 1. The first-order valence-corrected chi connectivity index (χ1v) is 8.00. The lowest BCUT2D eigenvalue weighted by Crippen LogP contribution is -2.41. The Bertz CT molecular complexity index is 559. The molecule has 0 N–H and O–H groups in total. The number of Topliss-reactive ketones (excluding diaryl/α,β-unsaturated/α-hetero) is 1. The van der Waals surface area contributed by atoms with Crippen LogP contribution in [0, 0.1) is 0 Å². The van der Waals surface area contributed by atoms with Crippen LogP contribution in [0.5, 0.6) is 0 Å². The summed E-state index contributed by atoms with van der Waals surface area (Å²) in [5.74, 6) is 0.235. The minimum Gasteiger partial charge on any atom is -0.399 e. The summed E-state index contributed by atoms with van der Waals surface area (Å²) in [6, 6.07) is 8.01. The van der Waals surface area contributed by atoms with Crippen molar-refractivity contribution in [2.75, 3.05) is 0 Å². The number of hydrogen-bond donors (Lipinski definition) is 0. The summed E-state index contributed by atoms with van der Waals surface area (Å²) in [7, 11) is -0.391. The van der Waals surface area contributed by atoms with Gasteiger partial charge in [0, 0.05) is 11.8 Å². The van der Waals surface area contributed by atoms with Crippen molar-refractivity contribution in [3.63, 3.8) is 0 Å². The lowest BCUT2D eigenvalue weighted by molar-refractivity contribution is -0.123. The average Bonchev–Trinajstić information content (AvgIpc) is 2.66. The van der Waals surface area contributed by atoms with E-state index in [2.05, 4.69) is 0 Å². The van der Waals surface area contributed by atoms with Gasteiger partial charge in [-0.05, 0) is 52.6 Å². The summed E-state index contributed by atoms with van der Waals surface area (Å²) < 4.78 is 12.2. The van der Waals surface area contributed by atoms with Gasteiger partial charge in [-0.25, -0.2) is 0 Å². The Labute approximate surface area is 134 Å². The van der Waals surface area contributed by atoms with Crippen LogP contribution in [0.25, 0.3) is 0 Å². The Balaban J connectivity index is 2.33.